The molecule has 1 heterocycles. The predicted molar refractivity (Wildman–Crippen MR) is 61.2 cm³/mol. The summed E-state index contributed by atoms with van der Waals surface area (Å²) < 4.78 is 0. The second-order valence-electron chi connectivity index (χ2n) is 3.81. The molecule has 4 nitrogen and oxygen atoms in total. The quantitative estimate of drug-likeness (QED) is 0.593. The Bertz CT molecular complexity index is 346. The van der Waals surface area contributed by atoms with E-state index in [2.05, 4.69) is 27.5 Å². The second-order valence-corrected chi connectivity index (χ2v) is 3.81. The first-order valence-corrected chi connectivity index (χ1v) is 5.35. The normalized spacial score (nSPS) is 15.8. The van der Waals surface area contributed by atoms with E-state index in [0.717, 1.165) is 18.8 Å². The van der Waals surface area contributed by atoms with Crippen LogP contribution in [0.4, 0.5) is 11.4 Å². The number of hydrogen-bond donors (Lipinski definition) is 1. The van der Waals surface area contributed by atoms with E-state index in [0.29, 0.717) is 0 Å². The minimum Gasteiger partial charge on any atom is -0.372 e. The molecule has 1 aromatic carbocycles. The molecule has 4 heteroatoms. The Kier molecular flexibility index (Phi) is 3.03. The molecule has 0 amide bonds. The predicted octanol–water partition coefficient (Wildman–Crippen LogP) is 2.86. The van der Waals surface area contributed by atoms with Crippen LogP contribution in [0.1, 0.15) is 19.3 Å². The van der Waals surface area contributed by atoms with Crippen LogP contribution in [-0.2, 0) is 0 Å². The number of diazo groups is 1. The van der Waals surface area contributed by atoms with Gasteiger partial charge in [0.25, 0.3) is 5.39 Å². The fraction of sp³-hybridized carbons (Fsp3) is 0.455. The molecule has 0 bridgehead atoms. The van der Waals surface area contributed by atoms with Crippen LogP contribution >= 0.6 is 0 Å². The third-order valence-corrected chi connectivity index (χ3v) is 2.77. The molecule has 0 atom stereocenters. The average Bonchev–Trinajstić information content (AvgIpc) is 2.32. The number of benzene rings is 1. The van der Waals surface area contributed by atoms with Gasteiger partial charge < -0.3 is 4.90 Å². The standard InChI is InChI=1S/C11H15N4/c12-14-13-10-4-6-11(7-5-10)15-8-2-1-3-9-15/h4-7,13H,1-3,8-9H2/q+1. The van der Waals surface area contributed by atoms with Gasteiger partial charge in [0, 0.05) is 18.8 Å². The largest absolute Gasteiger partial charge is 0.372 e. The van der Waals surface area contributed by atoms with Crippen LogP contribution in [0.15, 0.2) is 24.3 Å². The molecular formula is C11H15N4+. The smallest absolute Gasteiger partial charge is 0.308 e. The van der Waals surface area contributed by atoms with Gasteiger partial charge in [-0.1, -0.05) is 0 Å². The lowest BCUT2D eigenvalue weighted by molar-refractivity contribution is 0.578. The second kappa shape index (κ2) is 4.65. The summed E-state index contributed by atoms with van der Waals surface area (Å²) >= 11 is 0. The highest BCUT2D eigenvalue weighted by Crippen LogP contribution is 2.21. The number of nitrogens with zero attached hydrogens (tertiary/aromatic N) is 3. The lowest BCUT2D eigenvalue weighted by atomic mass is 10.1. The van der Waals surface area contributed by atoms with Crippen molar-refractivity contribution in [2.75, 3.05) is 23.4 Å². The minimum atomic E-state index is 0.804. The summed E-state index contributed by atoms with van der Waals surface area (Å²) in [5, 5.41) is 11.2. The maximum Gasteiger partial charge on any atom is 0.308 e. The van der Waals surface area contributed by atoms with E-state index in [1.54, 1.807) is 0 Å². The number of anilines is 2. The average molecular weight is 203 g/mol. The Morgan fingerprint density at radius 2 is 1.73 bits per heavy atom. The molecule has 1 saturated heterocycles. The molecular weight excluding hydrogens is 188 g/mol. The van der Waals surface area contributed by atoms with Gasteiger partial charge in [-0.15, -0.1) is 0 Å². The molecule has 1 aliphatic heterocycles. The van der Waals surface area contributed by atoms with Crippen molar-refractivity contribution in [1.29, 1.82) is 5.39 Å². The Hall–Kier alpha value is -1.76. The lowest BCUT2D eigenvalue weighted by Gasteiger charge is -2.28. The summed E-state index contributed by atoms with van der Waals surface area (Å²) in [7, 11) is 0. The summed E-state index contributed by atoms with van der Waals surface area (Å²) in [5.41, 5.74) is 4.55. The first-order valence-electron chi connectivity index (χ1n) is 5.35. The SMILES string of the molecule is N#[N+]Nc1ccc(N2CCCCC2)cc1. The van der Waals surface area contributed by atoms with Gasteiger partial charge in [0.2, 0.25) is 0 Å². The molecule has 0 radical (unpaired) electrons. The van der Waals surface area contributed by atoms with E-state index in [4.69, 9.17) is 5.39 Å². The zero-order chi connectivity index (χ0) is 10.5. The molecule has 15 heavy (non-hydrogen) atoms. The molecule has 0 saturated carbocycles. The third kappa shape index (κ3) is 2.38. The third-order valence-electron chi connectivity index (χ3n) is 2.77. The Balaban J connectivity index is 2.05. The highest BCUT2D eigenvalue weighted by molar-refractivity contribution is 5.55. The maximum absolute atomic E-state index is 8.34. The zero-order valence-electron chi connectivity index (χ0n) is 8.69. The summed E-state index contributed by atoms with van der Waals surface area (Å²) in [6.07, 6.45) is 3.91. The van der Waals surface area contributed by atoms with Gasteiger partial charge >= 0.3 is 5.08 Å². The van der Waals surface area contributed by atoms with Crippen LogP contribution in [0.25, 0.3) is 5.08 Å². The van der Waals surface area contributed by atoms with Crippen molar-refractivity contribution < 1.29 is 0 Å². The minimum absolute atomic E-state index is 0.804. The summed E-state index contributed by atoms with van der Waals surface area (Å²) in [5.74, 6) is 0. The van der Waals surface area contributed by atoms with E-state index >= 15 is 0 Å². The molecule has 78 valence electrons. The van der Waals surface area contributed by atoms with E-state index in [-0.39, 0.29) is 0 Å². The van der Waals surface area contributed by atoms with Crippen LogP contribution in [0.3, 0.4) is 0 Å². The number of hydrogen-bond acceptors (Lipinski definition) is 3. The topological polar surface area (TPSA) is 43.4 Å². The molecule has 0 aromatic heterocycles. The molecule has 2 rings (SSSR count). The molecule has 0 unspecified atom stereocenters. The van der Waals surface area contributed by atoms with Gasteiger partial charge in [0.05, 0.1) is 0 Å². The maximum atomic E-state index is 8.34. The van der Waals surface area contributed by atoms with Crippen molar-refractivity contribution in [2.24, 2.45) is 0 Å². The van der Waals surface area contributed by atoms with E-state index in [9.17, 15) is 0 Å². The van der Waals surface area contributed by atoms with Crippen molar-refractivity contribution in [3.05, 3.63) is 29.4 Å². The van der Waals surface area contributed by atoms with Gasteiger partial charge in [0.15, 0.2) is 0 Å². The van der Waals surface area contributed by atoms with Crippen LogP contribution in [0, 0.1) is 5.39 Å². The van der Waals surface area contributed by atoms with Crippen molar-refractivity contribution in [1.82, 2.24) is 0 Å². The zero-order valence-corrected chi connectivity index (χ0v) is 8.69. The Morgan fingerprint density at radius 1 is 1.07 bits per heavy atom. The van der Waals surface area contributed by atoms with Crippen molar-refractivity contribution in [2.45, 2.75) is 19.3 Å². The first kappa shape index (κ1) is 9.78. The number of nitrogens with one attached hydrogen (secondary N) is 1. The van der Waals surface area contributed by atoms with Crippen LogP contribution in [0.2, 0.25) is 0 Å². The van der Waals surface area contributed by atoms with Gasteiger partial charge in [-0.2, -0.15) is 0 Å². The fourth-order valence-electron chi connectivity index (χ4n) is 1.96. The summed E-state index contributed by atoms with van der Waals surface area (Å²) in [4.78, 5) is 2.39. The van der Waals surface area contributed by atoms with Gasteiger partial charge in [-0.25, -0.2) is 0 Å². The van der Waals surface area contributed by atoms with E-state index < -0.39 is 0 Å². The van der Waals surface area contributed by atoms with E-state index in [1.165, 1.54) is 24.9 Å². The van der Waals surface area contributed by atoms with Gasteiger partial charge in [-0.05, 0) is 49.0 Å². The molecule has 0 aliphatic carbocycles. The highest BCUT2D eigenvalue weighted by atomic mass is 15.3. The van der Waals surface area contributed by atoms with Crippen molar-refractivity contribution in [3.8, 4) is 0 Å². The summed E-state index contributed by atoms with van der Waals surface area (Å²) in [6.45, 7) is 2.30. The molecule has 1 aliphatic rings. The molecule has 0 spiro atoms. The van der Waals surface area contributed by atoms with Crippen LogP contribution in [0.5, 0.6) is 0 Å². The highest BCUT2D eigenvalue weighted by Gasteiger charge is 2.10. The Labute approximate surface area is 89.5 Å². The Morgan fingerprint density at radius 3 is 2.33 bits per heavy atom. The van der Waals surface area contributed by atoms with Gasteiger partial charge in [0.1, 0.15) is 5.69 Å². The number of rotatable bonds is 2. The monoisotopic (exact) mass is 203 g/mol. The first-order chi connectivity index (χ1) is 7.40. The van der Waals surface area contributed by atoms with Crippen molar-refractivity contribution in [3.63, 3.8) is 0 Å². The van der Waals surface area contributed by atoms with Crippen molar-refractivity contribution >= 4 is 11.4 Å². The molecule has 1 N–H and O–H groups in total. The fourth-order valence-corrected chi connectivity index (χ4v) is 1.96. The summed E-state index contributed by atoms with van der Waals surface area (Å²) in [6, 6.07) is 7.95. The van der Waals surface area contributed by atoms with Crippen LogP contribution < -0.4 is 10.3 Å². The molecule has 1 aromatic rings. The number of piperidine rings is 1. The lowest BCUT2D eigenvalue weighted by Crippen LogP contribution is -2.29. The van der Waals surface area contributed by atoms with E-state index in [1.807, 2.05) is 12.1 Å². The molecule has 1 fully saturated rings. The van der Waals surface area contributed by atoms with Crippen LogP contribution in [-0.4, -0.2) is 13.1 Å². The van der Waals surface area contributed by atoms with Gasteiger partial charge in [-0.3, -0.25) is 0 Å².